The molecular weight excluding hydrogens is 763 g/mol. The van der Waals surface area contributed by atoms with Crippen molar-refractivity contribution in [1.29, 1.82) is 0 Å². The summed E-state index contributed by atoms with van der Waals surface area (Å²) < 4.78 is 4.90. The van der Waals surface area contributed by atoms with Gasteiger partial charge < -0.3 is 0 Å². The highest BCUT2D eigenvalue weighted by atomic mass is 32.2. The number of hydrogen-bond donors (Lipinski definition) is 0. The minimum Gasteiger partial charge on any atom is -0.294 e. The van der Waals surface area contributed by atoms with Gasteiger partial charge in [-0.15, -0.1) is 0 Å². The molecular formula is C55H33N5S. The maximum atomic E-state index is 5.45. The van der Waals surface area contributed by atoms with Gasteiger partial charge in [0, 0.05) is 42.6 Å². The van der Waals surface area contributed by atoms with Crippen LogP contribution in [0.1, 0.15) is 0 Å². The number of hydrogen-bond acceptors (Lipinski definition) is 4. The van der Waals surface area contributed by atoms with E-state index in [2.05, 4.69) is 209 Å². The second-order valence-corrected chi connectivity index (χ2v) is 16.7. The van der Waals surface area contributed by atoms with Crippen molar-refractivity contribution in [2.45, 2.75) is 9.79 Å². The quantitative estimate of drug-likeness (QED) is 0.174. The van der Waals surface area contributed by atoms with Crippen molar-refractivity contribution in [1.82, 2.24) is 24.1 Å². The summed E-state index contributed by atoms with van der Waals surface area (Å²) in [5.41, 5.74) is 10.8. The number of fused-ring (bicyclic) bond motifs is 9. The average molecular weight is 796 g/mol. The third kappa shape index (κ3) is 5.19. The molecule has 0 spiro atoms. The van der Waals surface area contributed by atoms with Crippen molar-refractivity contribution in [2.75, 3.05) is 0 Å². The summed E-state index contributed by atoms with van der Waals surface area (Å²) in [4.78, 5) is 18.6. The van der Waals surface area contributed by atoms with Crippen molar-refractivity contribution in [2.24, 2.45) is 0 Å². The summed E-state index contributed by atoms with van der Waals surface area (Å²) in [5, 5.41) is 8.22. The lowest BCUT2D eigenvalue weighted by molar-refractivity contribution is 1.02. The molecule has 0 amide bonds. The van der Waals surface area contributed by atoms with E-state index in [4.69, 9.17) is 15.0 Å². The van der Waals surface area contributed by atoms with Gasteiger partial charge in [0.05, 0.1) is 22.4 Å². The van der Waals surface area contributed by atoms with Crippen LogP contribution in [0.2, 0.25) is 0 Å². The molecule has 12 aromatic rings. The SMILES string of the molecule is c1ccc(-c2ccc(-c3nc(-c4ccc5ccccc5c4)nc(-c4ccccc4-n4c5ccccc5c5c6cccc7c6n(c54)-c4ccccc4S7)n3)c3ccccc23)cc1. The van der Waals surface area contributed by atoms with E-state index in [1.165, 1.54) is 53.7 Å². The van der Waals surface area contributed by atoms with Gasteiger partial charge in [0.25, 0.3) is 0 Å². The van der Waals surface area contributed by atoms with Crippen LogP contribution >= 0.6 is 11.8 Å². The third-order valence-electron chi connectivity index (χ3n) is 12.2. The molecule has 0 fully saturated rings. The first kappa shape index (κ1) is 34.1. The molecule has 0 saturated carbocycles. The van der Waals surface area contributed by atoms with Crippen LogP contribution in [0.5, 0.6) is 0 Å². The van der Waals surface area contributed by atoms with E-state index >= 15 is 0 Å². The summed E-state index contributed by atoms with van der Waals surface area (Å²) in [7, 11) is 0. The first-order chi connectivity index (χ1) is 30.3. The Balaban J connectivity index is 1.10. The highest BCUT2D eigenvalue weighted by Gasteiger charge is 2.29. The molecule has 4 heterocycles. The van der Waals surface area contributed by atoms with Crippen molar-refractivity contribution in [3.05, 3.63) is 200 Å². The second kappa shape index (κ2) is 13.4. The van der Waals surface area contributed by atoms with Crippen LogP contribution in [0.15, 0.2) is 210 Å². The molecule has 0 atom stereocenters. The minimum absolute atomic E-state index is 0.609. The van der Waals surface area contributed by atoms with Gasteiger partial charge in [0.15, 0.2) is 17.5 Å². The van der Waals surface area contributed by atoms with E-state index in [-0.39, 0.29) is 0 Å². The Morgan fingerprint density at radius 3 is 1.85 bits per heavy atom. The molecule has 0 N–H and O–H groups in total. The van der Waals surface area contributed by atoms with E-state index in [9.17, 15) is 0 Å². The molecule has 0 aliphatic carbocycles. The van der Waals surface area contributed by atoms with Gasteiger partial charge in [-0.05, 0) is 81.2 Å². The van der Waals surface area contributed by atoms with Gasteiger partial charge in [-0.3, -0.25) is 9.13 Å². The Kier molecular flexibility index (Phi) is 7.47. The molecule has 9 aromatic carbocycles. The Labute approximate surface area is 355 Å². The predicted octanol–water partition coefficient (Wildman–Crippen LogP) is 14.4. The topological polar surface area (TPSA) is 48.5 Å². The van der Waals surface area contributed by atoms with Crippen molar-refractivity contribution in [3.8, 4) is 56.7 Å². The monoisotopic (exact) mass is 795 g/mol. The van der Waals surface area contributed by atoms with Crippen LogP contribution < -0.4 is 0 Å². The van der Waals surface area contributed by atoms with Gasteiger partial charge in [-0.25, -0.2) is 15.0 Å². The molecule has 3 aromatic heterocycles. The number of rotatable bonds is 5. The van der Waals surface area contributed by atoms with Crippen LogP contribution in [0, 0.1) is 0 Å². The number of benzene rings is 9. The van der Waals surface area contributed by atoms with Gasteiger partial charge in [0.1, 0.15) is 5.65 Å². The number of para-hydroxylation sites is 4. The van der Waals surface area contributed by atoms with E-state index in [0.717, 1.165) is 49.7 Å². The zero-order valence-electron chi connectivity index (χ0n) is 32.7. The number of nitrogens with zero attached hydrogens (tertiary/aromatic N) is 5. The molecule has 6 heteroatoms. The highest BCUT2D eigenvalue weighted by molar-refractivity contribution is 7.99. The predicted molar refractivity (Wildman–Crippen MR) is 252 cm³/mol. The van der Waals surface area contributed by atoms with Crippen LogP contribution in [0.4, 0.5) is 0 Å². The van der Waals surface area contributed by atoms with Crippen molar-refractivity contribution >= 4 is 66.1 Å². The Hall–Kier alpha value is -7.80. The lowest BCUT2D eigenvalue weighted by Crippen LogP contribution is -2.07. The zero-order chi connectivity index (χ0) is 40.0. The maximum Gasteiger partial charge on any atom is 0.166 e. The molecule has 5 nitrogen and oxygen atoms in total. The van der Waals surface area contributed by atoms with E-state index in [1.807, 2.05) is 11.8 Å². The summed E-state index contributed by atoms with van der Waals surface area (Å²) in [6.07, 6.45) is 0. The lowest BCUT2D eigenvalue weighted by atomic mass is 9.94. The molecule has 1 aliphatic rings. The lowest BCUT2D eigenvalue weighted by Gasteiger charge is -2.21. The van der Waals surface area contributed by atoms with Gasteiger partial charge >= 0.3 is 0 Å². The fourth-order valence-electron chi connectivity index (χ4n) is 9.47. The van der Waals surface area contributed by atoms with Crippen LogP contribution in [-0.2, 0) is 0 Å². The van der Waals surface area contributed by atoms with Gasteiger partial charge in [-0.1, -0.05) is 163 Å². The van der Waals surface area contributed by atoms with Crippen LogP contribution in [0.3, 0.4) is 0 Å². The van der Waals surface area contributed by atoms with Crippen LogP contribution in [-0.4, -0.2) is 24.1 Å². The summed E-state index contributed by atoms with van der Waals surface area (Å²) in [6.45, 7) is 0. The minimum atomic E-state index is 0.609. The largest absolute Gasteiger partial charge is 0.294 e. The van der Waals surface area contributed by atoms with E-state index in [0.29, 0.717) is 17.5 Å². The van der Waals surface area contributed by atoms with Crippen molar-refractivity contribution in [3.63, 3.8) is 0 Å². The standard InChI is InChI=1S/C55H33N5S/c1-2-16-35(17-3-1)38-31-32-41(40-20-7-6-19-39(38)40)53-56-52(37-30-29-34-15-4-5-18-36(34)33-37)57-54(58-53)43-22-9-11-25-46(43)59-45-24-10-8-21-42(45)50-44-23-14-28-49-51(44)60(55(50)59)47-26-12-13-27-48(47)61-49/h1-33H. The average Bonchev–Trinajstić information content (AvgIpc) is 3.85. The molecule has 1 aliphatic heterocycles. The number of aromatic nitrogens is 5. The maximum absolute atomic E-state index is 5.45. The Bertz CT molecular complexity index is 3750. The van der Waals surface area contributed by atoms with E-state index in [1.54, 1.807) is 0 Å². The molecule has 61 heavy (non-hydrogen) atoms. The molecule has 13 rings (SSSR count). The van der Waals surface area contributed by atoms with Crippen LogP contribution in [0.25, 0.3) is 111 Å². The molecule has 284 valence electrons. The zero-order valence-corrected chi connectivity index (χ0v) is 33.5. The normalized spacial score (nSPS) is 12.2. The van der Waals surface area contributed by atoms with Gasteiger partial charge in [0.2, 0.25) is 0 Å². The Morgan fingerprint density at radius 1 is 0.361 bits per heavy atom. The summed E-state index contributed by atoms with van der Waals surface area (Å²) >= 11 is 1.84. The molecule has 0 unspecified atom stereocenters. The third-order valence-corrected chi connectivity index (χ3v) is 13.3. The fourth-order valence-corrected chi connectivity index (χ4v) is 10.6. The fraction of sp³-hybridized carbons (Fsp3) is 0. The smallest absolute Gasteiger partial charge is 0.166 e. The molecule has 0 bridgehead atoms. The van der Waals surface area contributed by atoms with Gasteiger partial charge in [-0.2, -0.15) is 0 Å². The molecule has 0 saturated heterocycles. The first-order valence-electron chi connectivity index (χ1n) is 20.5. The van der Waals surface area contributed by atoms with Crippen molar-refractivity contribution < 1.29 is 0 Å². The summed E-state index contributed by atoms with van der Waals surface area (Å²) in [5.74, 6) is 1.86. The Morgan fingerprint density at radius 2 is 0.984 bits per heavy atom. The first-order valence-corrected chi connectivity index (χ1v) is 21.3. The summed E-state index contributed by atoms with van der Waals surface area (Å²) in [6, 6.07) is 71.2. The molecule has 0 radical (unpaired) electrons. The second-order valence-electron chi connectivity index (χ2n) is 15.6. The van der Waals surface area contributed by atoms with E-state index < -0.39 is 0 Å². The highest BCUT2D eigenvalue weighted by Crippen LogP contribution is 2.50.